The molecule has 26 heavy (non-hydrogen) atoms. The Hall–Kier alpha value is -2.61. The van der Waals surface area contributed by atoms with Crippen LogP contribution in [0.15, 0.2) is 18.2 Å². The number of urea groups is 1. The molecule has 0 aromatic heterocycles. The summed E-state index contributed by atoms with van der Waals surface area (Å²) in [5.41, 5.74) is 6.43. The molecule has 0 atom stereocenters. The highest BCUT2D eigenvalue weighted by Gasteiger charge is 2.26. The SMILES string of the molecule is COc1cc(C(=O)NCCCCCCN)ccc1N1CCC(=O)NC1=O. The number of nitrogens with two attached hydrogens (primary N) is 1. The number of benzene rings is 1. The summed E-state index contributed by atoms with van der Waals surface area (Å²) in [6, 6.07) is 4.41. The van der Waals surface area contributed by atoms with Gasteiger partial charge in [-0.05, 0) is 37.6 Å². The van der Waals surface area contributed by atoms with Crippen LogP contribution in [-0.2, 0) is 4.79 Å². The van der Waals surface area contributed by atoms with E-state index in [0.29, 0.717) is 30.1 Å². The molecule has 1 aromatic rings. The van der Waals surface area contributed by atoms with E-state index in [1.165, 1.54) is 12.0 Å². The molecule has 2 rings (SSSR count). The van der Waals surface area contributed by atoms with E-state index in [0.717, 1.165) is 25.7 Å². The van der Waals surface area contributed by atoms with Crippen LogP contribution in [0.2, 0.25) is 0 Å². The Kier molecular flexibility index (Phi) is 7.40. The van der Waals surface area contributed by atoms with Crippen molar-refractivity contribution in [3.63, 3.8) is 0 Å². The third-order valence-corrected chi connectivity index (χ3v) is 4.20. The number of nitrogens with one attached hydrogen (secondary N) is 2. The molecule has 1 saturated heterocycles. The molecule has 8 nitrogen and oxygen atoms in total. The Morgan fingerprint density at radius 1 is 1.27 bits per heavy atom. The monoisotopic (exact) mass is 362 g/mol. The van der Waals surface area contributed by atoms with E-state index >= 15 is 0 Å². The van der Waals surface area contributed by atoms with Gasteiger partial charge in [-0.1, -0.05) is 12.8 Å². The van der Waals surface area contributed by atoms with E-state index in [9.17, 15) is 14.4 Å². The van der Waals surface area contributed by atoms with Crippen LogP contribution in [0.4, 0.5) is 10.5 Å². The number of hydrogen-bond donors (Lipinski definition) is 3. The number of rotatable bonds is 9. The maximum Gasteiger partial charge on any atom is 0.328 e. The minimum atomic E-state index is -0.491. The van der Waals surface area contributed by atoms with Crippen LogP contribution in [0.3, 0.4) is 0 Å². The first kappa shape index (κ1) is 19.7. The van der Waals surface area contributed by atoms with Crippen LogP contribution in [0.5, 0.6) is 5.75 Å². The second kappa shape index (κ2) is 9.76. The summed E-state index contributed by atoms with van der Waals surface area (Å²) >= 11 is 0. The van der Waals surface area contributed by atoms with Gasteiger partial charge in [-0.25, -0.2) is 4.79 Å². The minimum absolute atomic E-state index is 0.188. The first-order valence-corrected chi connectivity index (χ1v) is 8.84. The summed E-state index contributed by atoms with van der Waals surface area (Å²) in [5, 5.41) is 5.15. The maximum atomic E-state index is 12.3. The van der Waals surface area contributed by atoms with Crippen molar-refractivity contribution in [2.75, 3.05) is 31.6 Å². The Labute approximate surface area is 153 Å². The zero-order valence-corrected chi connectivity index (χ0v) is 15.0. The smallest absolute Gasteiger partial charge is 0.328 e. The van der Waals surface area contributed by atoms with Crippen LogP contribution < -0.4 is 26.0 Å². The lowest BCUT2D eigenvalue weighted by Crippen LogP contribution is -2.49. The van der Waals surface area contributed by atoms with Gasteiger partial charge in [-0.3, -0.25) is 19.8 Å². The van der Waals surface area contributed by atoms with Crippen LogP contribution in [0.1, 0.15) is 42.5 Å². The number of hydrogen-bond acceptors (Lipinski definition) is 5. The standard InChI is InChI=1S/C18H26N4O4/c1-26-15-12-13(17(24)20-10-5-3-2-4-9-19)6-7-14(15)22-11-8-16(23)21-18(22)25/h6-7,12H,2-5,8-11,19H2,1H3,(H,20,24)(H,21,23,25). The van der Waals surface area contributed by atoms with Crippen LogP contribution in [0, 0.1) is 0 Å². The van der Waals surface area contributed by atoms with Gasteiger partial charge in [-0.2, -0.15) is 0 Å². The molecule has 1 aromatic carbocycles. The topological polar surface area (TPSA) is 114 Å². The number of carbonyl (C=O) groups excluding carboxylic acids is 3. The molecule has 0 radical (unpaired) electrons. The number of amides is 4. The third kappa shape index (κ3) is 5.19. The van der Waals surface area contributed by atoms with Gasteiger partial charge in [0.25, 0.3) is 5.91 Å². The number of unbranched alkanes of at least 4 members (excludes halogenated alkanes) is 3. The molecule has 1 fully saturated rings. The van der Waals surface area contributed by atoms with Crippen molar-refractivity contribution in [1.29, 1.82) is 0 Å². The van der Waals surface area contributed by atoms with Gasteiger partial charge in [0.2, 0.25) is 5.91 Å². The van der Waals surface area contributed by atoms with Gasteiger partial charge in [0.15, 0.2) is 0 Å². The van der Waals surface area contributed by atoms with Gasteiger partial charge in [0.1, 0.15) is 5.75 Å². The van der Waals surface area contributed by atoms with Gasteiger partial charge < -0.3 is 15.8 Å². The van der Waals surface area contributed by atoms with Crippen LogP contribution in [-0.4, -0.2) is 44.6 Å². The van der Waals surface area contributed by atoms with E-state index in [4.69, 9.17) is 10.5 Å². The summed E-state index contributed by atoms with van der Waals surface area (Å²) in [6.07, 6.45) is 4.23. The number of imide groups is 1. The van der Waals surface area contributed by atoms with E-state index in [1.807, 2.05) is 0 Å². The Morgan fingerprint density at radius 3 is 2.73 bits per heavy atom. The van der Waals surface area contributed by atoms with E-state index in [-0.39, 0.29) is 24.8 Å². The van der Waals surface area contributed by atoms with E-state index in [1.54, 1.807) is 18.2 Å². The maximum absolute atomic E-state index is 12.3. The summed E-state index contributed by atoms with van der Waals surface area (Å²) in [4.78, 5) is 37.0. The van der Waals surface area contributed by atoms with Gasteiger partial charge in [0, 0.05) is 25.1 Å². The van der Waals surface area contributed by atoms with E-state index in [2.05, 4.69) is 10.6 Å². The summed E-state index contributed by atoms with van der Waals surface area (Å²) in [5.74, 6) is -0.0790. The molecule has 0 bridgehead atoms. The fraction of sp³-hybridized carbons (Fsp3) is 0.500. The first-order valence-electron chi connectivity index (χ1n) is 8.84. The number of nitrogens with zero attached hydrogens (tertiary/aromatic N) is 1. The van der Waals surface area contributed by atoms with Crippen molar-refractivity contribution in [2.45, 2.75) is 32.1 Å². The van der Waals surface area contributed by atoms with Crippen molar-refractivity contribution in [3.8, 4) is 5.75 Å². The highest BCUT2D eigenvalue weighted by molar-refractivity contribution is 6.06. The minimum Gasteiger partial charge on any atom is -0.495 e. The fourth-order valence-electron chi connectivity index (χ4n) is 2.76. The van der Waals surface area contributed by atoms with Crippen molar-refractivity contribution in [1.82, 2.24) is 10.6 Å². The lowest BCUT2D eigenvalue weighted by Gasteiger charge is -2.28. The number of carbonyl (C=O) groups is 3. The molecule has 4 amide bonds. The Bertz CT molecular complexity index is 663. The summed E-state index contributed by atoms with van der Waals surface area (Å²) in [6.45, 7) is 1.57. The quantitative estimate of drug-likeness (QED) is 0.575. The normalized spacial score (nSPS) is 14.2. The Morgan fingerprint density at radius 2 is 2.04 bits per heavy atom. The highest BCUT2D eigenvalue weighted by Crippen LogP contribution is 2.30. The summed E-state index contributed by atoms with van der Waals surface area (Å²) < 4.78 is 5.34. The molecule has 1 heterocycles. The molecular formula is C18H26N4O4. The second-order valence-electron chi connectivity index (χ2n) is 6.10. The highest BCUT2D eigenvalue weighted by atomic mass is 16.5. The molecule has 0 saturated carbocycles. The van der Waals surface area contributed by atoms with E-state index < -0.39 is 6.03 Å². The van der Waals surface area contributed by atoms with Crippen molar-refractivity contribution >= 4 is 23.5 Å². The summed E-state index contributed by atoms with van der Waals surface area (Å²) in [7, 11) is 1.48. The zero-order valence-electron chi connectivity index (χ0n) is 15.0. The van der Waals surface area contributed by atoms with Gasteiger partial charge in [0.05, 0.1) is 12.8 Å². The van der Waals surface area contributed by atoms with Crippen molar-refractivity contribution in [2.24, 2.45) is 5.73 Å². The van der Waals surface area contributed by atoms with Crippen LogP contribution in [0.25, 0.3) is 0 Å². The molecule has 4 N–H and O–H groups in total. The fourth-order valence-corrected chi connectivity index (χ4v) is 2.76. The van der Waals surface area contributed by atoms with Gasteiger partial charge >= 0.3 is 6.03 Å². The molecule has 1 aliphatic heterocycles. The Balaban J connectivity index is 1.98. The average molecular weight is 362 g/mol. The predicted molar refractivity (Wildman–Crippen MR) is 98.4 cm³/mol. The molecular weight excluding hydrogens is 336 g/mol. The number of methoxy groups -OCH3 is 1. The molecule has 0 aliphatic carbocycles. The molecule has 1 aliphatic rings. The van der Waals surface area contributed by atoms with Gasteiger partial charge in [-0.15, -0.1) is 0 Å². The molecule has 142 valence electrons. The molecule has 8 heteroatoms. The predicted octanol–water partition coefficient (Wildman–Crippen LogP) is 1.39. The van der Waals surface area contributed by atoms with Crippen molar-refractivity contribution < 1.29 is 19.1 Å². The number of anilines is 1. The number of ether oxygens (including phenoxy) is 1. The zero-order chi connectivity index (χ0) is 18.9. The third-order valence-electron chi connectivity index (χ3n) is 4.20. The first-order chi connectivity index (χ1) is 12.6. The molecule has 0 spiro atoms. The van der Waals surface area contributed by atoms with Crippen molar-refractivity contribution in [3.05, 3.63) is 23.8 Å². The average Bonchev–Trinajstić information content (AvgIpc) is 2.64. The lowest BCUT2D eigenvalue weighted by molar-refractivity contribution is -0.120. The largest absolute Gasteiger partial charge is 0.495 e. The second-order valence-corrected chi connectivity index (χ2v) is 6.10. The lowest BCUT2D eigenvalue weighted by atomic mass is 10.1. The molecule has 0 unspecified atom stereocenters. The van der Waals surface area contributed by atoms with Crippen LogP contribution >= 0.6 is 0 Å².